The van der Waals surface area contributed by atoms with Crippen LogP contribution in [0.4, 0.5) is 0 Å². The molecule has 0 saturated carbocycles. The van der Waals surface area contributed by atoms with Crippen molar-refractivity contribution >= 4 is 28.3 Å². The van der Waals surface area contributed by atoms with Crippen LogP contribution in [0.25, 0.3) is 0 Å². The highest BCUT2D eigenvalue weighted by molar-refractivity contribution is 9.10. The van der Waals surface area contributed by atoms with Crippen LogP contribution >= 0.6 is 28.3 Å². The average Bonchev–Trinajstić information content (AvgIpc) is 2.40. The van der Waals surface area contributed by atoms with Crippen molar-refractivity contribution in [1.82, 2.24) is 0 Å². The normalized spacial score (nSPS) is 13.4. The minimum atomic E-state index is -0.592. The van der Waals surface area contributed by atoms with Crippen molar-refractivity contribution in [2.24, 2.45) is 5.73 Å². The van der Waals surface area contributed by atoms with Crippen LogP contribution in [0.3, 0.4) is 0 Å². The first-order valence-electron chi connectivity index (χ1n) is 6.60. The van der Waals surface area contributed by atoms with E-state index in [1.807, 2.05) is 6.92 Å². The quantitative estimate of drug-likeness (QED) is 0.688. The fourth-order valence-corrected chi connectivity index (χ4v) is 2.33. The Morgan fingerprint density at radius 2 is 2.00 bits per heavy atom. The van der Waals surface area contributed by atoms with Gasteiger partial charge in [0, 0.05) is 0 Å². The van der Waals surface area contributed by atoms with E-state index in [0.29, 0.717) is 23.2 Å². The van der Waals surface area contributed by atoms with Crippen LogP contribution in [0.5, 0.6) is 11.5 Å². The standard InChI is InChI=1S/C14H22BrNO3.ClH/c1-3-5-6-11(17)13(16)9-7-10(15)14(18)12(8-9)19-4-2;/h7-8,11,13,17-18H,3-6,16H2,1-2H3;1H/t11-,13+;/m0./s1. The second-order valence-electron chi connectivity index (χ2n) is 4.52. The van der Waals surface area contributed by atoms with Crippen LogP contribution in [0, 0.1) is 0 Å². The third kappa shape index (κ3) is 5.13. The highest BCUT2D eigenvalue weighted by atomic mass is 79.9. The molecule has 0 heterocycles. The molecular formula is C14H23BrClNO3. The lowest BCUT2D eigenvalue weighted by molar-refractivity contribution is 0.132. The minimum absolute atomic E-state index is 0. The highest BCUT2D eigenvalue weighted by Gasteiger charge is 2.19. The molecule has 0 aliphatic rings. The van der Waals surface area contributed by atoms with Crippen LogP contribution < -0.4 is 10.5 Å². The summed E-state index contributed by atoms with van der Waals surface area (Å²) in [5.41, 5.74) is 6.80. The zero-order chi connectivity index (χ0) is 14.4. The Hall–Kier alpha value is -0.490. The predicted octanol–water partition coefficient (Wildman–Crippen LogP) is 3.53. The Kier molecular flexibility index (Phi) is 9.22. The SMILES string of the molecule is CCCC[C@H](O)[C@H](N)c1cc(Br)c(O)c(OCC)c1.Cl. The summed E-state index contributed by atoms with van der Waals surface area (Å²) in [6.45, 7) is 4.37. The average molecular weight is 369 g/mol. The first-order chi connectivity index (χ1) is 9.01. The third-order valence-electron chi connectivity index (χ3n) is 3.00. The molecule has 0 amide bonds. The second-order valence-corrected chi connectivity index (χ2v) is 5.37. The third-order valence-corrected chi connectivity index (χ3v) is 3.61. The topological polar surface area (TPSA) is 75.7 Å². The molecular weight excluding hydrogens is 346 g/mol. The van der Waals surface area contributed by atoms with Crippen molar-refractivity contribution in [3.63, 3.8) is 0 Å². The summed E-state index contributed by atoms with van der Waals surface area (Å²) in [7, 11) is 0. The van der Waals surface area contributed by atoms with Crippen molar-refractivity contribution in [2.45, 2.75) is 45.3 Å². The van der Waals surface area contributed by atoms with E-state index in [9.17, 15) is 10.2 Å². The largest absolute Gasteiger partial charge is 0.503 e. The fourth-order valence-electron chi connectivity index (χ4n) is 1.87. The number of hydrogen-bond acceptors (Lipinski definition) is 4. The van der Waals surface area contributed by atoms with Gasteiger partial charge in [0.1, 0.15) is 0 Å². The van der Waals surface area contributed by atoms with Crippen molar-refractivity contribution in [3.05, 3.63) is 22.2 Å². The van der Waals surface area contributed by atoms with Gasteiger partial charge in [0.05, 0.1) is 23.2 Å². The second kappa shape index (κ2) is 9.45. The number of rotatable bonds is 7. The van der Waals surface area contributed by atoms with Crippen LogP contribution in [-0.4, -0.2) is 22.9 Å². The molecule has 2 atom stereocenters. The Balaban J connectivity index is 0.00000361. The predicted molar refractivity (Wildman–Crippen MR) is 86.7 cm³/mol. The van der Waals surface area contributed by atoms with Gasteiger partial charge in [-0.3, -0.25) is 0 Å². The number of phenols is 1. The van der Waals surface area contributed by atoms with Gasteiger partial charge >= 0.3 is 0 Å². The van der Waals surface area contributed by atoms with E-state index in [0.717, 1.165) is 18.4 Å². The van der Waals surface area contributed by atoms with E-state index in [2.05, 4.69) is 22.9 Å². The van der Waals surface area contributed by atoms with E-state index in [-0.39, 0.29) is 18.2 Å². The first kappa shape index (κ1) is 19.5. The van der Waals surface area contributed by atoms with Crippen LogP contribution in [0.1, 0.15) is 44.7 Å². The summed E-state index contributed by atoms with van der Waals surface area (Å²) < 4.78 is 5.87. The molecule has 1 aromatic carbocycles. The monoisotopic (exact) mass is 367 g/mol. The zero-order valence-corrected chi connectivity index (χ0v) is 14.2. The van der Waals surface area contributed by atoms with Crippen molar-refractivity contribution < 1.29 is 14.9 Å². The first-order valence-corrected chi connectivity index (χ1v) is 7.39. The summed E-state index contributed by atoms with van der Waals surface area (Å²) in [4.78, 5) is 0. The van der Waals surface area contributed by atoms with Gasteiger partial charge in [-0.25, -0.2) is 0 Å². The van der Waals surface area contributed by atoms with E-state index in [4.69, 9.17) is 10.5 Å². The smallest absolute Gasteiger partial charge is 0.172 e. The van der Waals surface area contributed by atoms with Gasteiger partial charge in [0.15, 0.2) is 11.5 Å². The maximum absolute atomic E-state index is 10.0. The summed E-state index contributed by atoms with van der Waals surface area (Å²) in [5, 5.41) is 19.9. The lowest BCUT2D eigenvalue weighted by Crippen LogP contribution is -2.26. The van der Waals surface area contributed by atoms with Gasteiger partial charge in [-0.15, -0.1) is 12.4 Å². The number of aromatic hydroxyl groups is 1. The Labute approximate surface area is 134 Å². The van der Waals surface area contributed by atoms with Crippen molar-refractivity contribution in [2.75, 3.05) is 6.61 Å². The molecule has 0 saturated heterocycles. The summed E-state index contributed by atoms with van der Waals surface area (Å²) in [5.74, 6) is 0.436. The van der Waals surface area contributed by atoms with Gasteiger partial charge < -0.3 is 20.7 Å². The molecule has 1 aromatic rings. The molecule has 6 heteroatoms. The zero-order valence-electron chi connectivity index (χ0n) is 11.8. The minimum Gasteiger partial charge on any atom is -0.503 e. The molecule has 1 rings (SSSR count). The molecule has 4 nitrogen and oxygen atoms in total. The van der Waals surface area contributed by atoms with Crippen molar-refractivity contribution in [1.29, 1.82) is 0 Å². The van der Waals surface area contributed by atoms with Gasteiger partial charge in [0.25, 0.3) is 0 Å². The fraction of sp³-hybridized carbons (Fsp3) is 0.571. The van der Waals surface area contributed by atoms with E-state index in [1.165, 1.54) is 0 Å². The van der Waals surface area contributed by atoms with Crippen LogP contribution in [0.15, 0.2) is 16.6 Å². The number of unbranched alkanes of at least 4 members (excludes halogenated alkanes) is 1. The number of ether oxygens (including phenoxy) is 1. The highest BCUT2D eigenvalue weighted by Crippen LogP contribution is 2.37. The van der Waals surface area contributed by atoms with Crippen LogP contribution in [0.2, 0.25) is 0 Å². The van der Waals surface area contributed by atoms with Gasteiger partial charge in [-0.05, 0) is 47.0 Å². The number of aliphatic hydroxyl groups is 1. The number of phenolic OH excluding ortho intramolecular Hbond substituents is 1. The van der Waals surface area contributed by atoms with E-state index >= 15 is 0 Å². The number of aliphatic hydroxyl groups excluding tert-OH is 1. The molecule has 20 heavy (non-hydrogen) atoms. The number of benzene rings is 1. The van der Waals surface area contributed by atoms with E-state index in [1.54, 1.807) is 12.1 Å². The maximum Gasteiger partial charge on any atom is 0.172 e. The van der Waals surface area contributed by atoms with Gasteiger partial charge in [0.2, 0.25) is 0 Å². The molecule has 0 bridgehead atoms. The molecule has 0 unspecified atom stereocenters. The van der Waals surface area contributed by atoms with Gasteiger partial charge in [-0.2, -0.15) is 0 Å². The molecule has 0 aliphatic carbocycles. The summed E-state index contributed by atoms with van der Waals surface area (Å²) in [6.07, 6.45) is 2.03. The number of hydrogen-bond donors (Lipinski definition) is 3. The Morgan fingerprint density at radius 1 is 1.35 bits per heavy atom. The molecule has 0 fully saturated rings. The van der Waals surface area contributed by atoms with Crippen LogP contribution in [-0.2, 0) is 0 Å². The number of halogens is 2. The number of nitrogens with two attached hydrogens (primary N) is 1. The molecule has 0 aromatic heterocycles. The molecule has 4 N–H and O–H groups in total. The molecule has 0 spiro atoms. The van der Waals surface area contributed by atoms with Crippen molar-refractivity contribution in [3.8, 4) is 11.5 Å². The van der Waals surface area contributed by atoms with E-state index < -0.39 is 12.1 Å². The molecule has 0 radical (unpaired) electrons. The Morgan fingerprint density at radius 3 is 2.55 bits per heavy atom. The lowest BCUT2D eigenvalue weighted by atomic mass is 9.98. The molecule has 116 valence electrons. The van der Waals surface area contributed by atoms with Gasteiger partial charge in [-0.1, -0.05) is 19.8 Å². The summed E-state index contributed by atoms with van der Waals surface area (Å²) in [6, 6.07) is 2.92. The Bertz CT molecular complexity index is 418. The molecule has 0 aliphatic heterocycles. The maximum atomic E-state index is 10.0. The lowest BCUT2D eigenvalue weighted by Gasteiger charge is -2.20. The summed E-state index contributed by atoms with van der Waals surface area (Å²) >= 11 is 3.27.